The van der Waals surface area contributed by atoms with Crippen molar-refractivity contribution >= 4 is 0 Å². The maximum Gasteiger partial charge on any atom is 0.389 e. The van der Waals surface area contributed by atoms with Crippen LogP contribution in [0.25, 0.3) is 0 Å². The minimum absolute atomic E-state index is 0.0875. The highest BCUT2D eigenvalue weighted by atomic mass is 19.4. The molecule has 1 heterocycles. The number of nitrogens with zero attached hydrogens (tertiary/aromatic N) is 1. The molecule has 1 aromatic heterocycles. The molecular weight excluding hydrogens is 231 g/mol. The van der Waals surface area contributed by atoms with Gasteiger partial charge in [-0.15, -0.1) is 0 Å². The lowest BCUT2D eigenvalue weighted by molar-refractivity contribution is -0.136. The van der Waals surface area contributed by atoms with Crippen LogP contribution in [0.3, 0.4) is 0 Å². The van der Waals surface area contributed by atoms with Crippen molar-refractivity contribution in [3.63, 3.8) is 0 Å². The van der Waals surface area contributed by atoms with E-state index in [1.54, 1.807) is 12.4 Å². The average Bonchev–Trinajstić information content (AvgIpc) is 2.73. The Bertz CT molecular complexity index is 295. The summed E-state index contributed by atoms with van der Waals surface area (Å²) in [6.07, 6.45) is -0.0652. The first-order chi connectivity index (χ1) is 8.01. The second-order valence-corrected chi connectivity index (χ2v) is 4.04. The second-order valence-electron chi connectivity index (χ2n) is 4.04. The molecule has 3 nitrogen and oxygen atoms in total. The van der Waals surface area contributed by atoms with E-state index in [0.717, 1.165) is 18.8 Å². The highest BCUT2D eigenvalue weighted by Gasteiger charge is 2.28. The number of halogens is 3. The van der Waals surface area contributed by atoms with E-state index in [4.69, 9.17) is 0 Å². The number of aromatic nitrogens is 2. The van der Waals surface area contributed by atoms with Gasteiger partial charge in [0, 0.05) is 31.3 Å². The summed E-state index contributed by atoms with van der Waals surface area (Å²) in [4.78, 5) is 6.94. The Morgan fingerprint density at radius 3 is 2.76 bits per heavy atom. The first-order valence-electron chi connectivity index (χ1n) is 5.79. The van der Waals surface area contributed by atoms with Crippen molar-refractivity contribution in [1.82, 2.24) is 15.3 Å². The summed E-state index contributed by atoms with van der Waals surface area (Å²) in [7, 11) is 0. The van der Waals surface area contributed by atoms with Crippen LogP contribution in [0.15, 0.2) is 12.4 Å². The fourth-order valence-electron chi connectivity index (χ4n) is 1.61. The number of hydrogen-bond acceptors (Lipinski definition) is 2. The van der Waals surface area contributed by atoms with E-state index in [1.165, 1.54) is 0 Å². The first kappa shape index (κ1) is 14.0. The van der Waals surface area contributed by atoms with Crippen LogP contribution in [0.5, 0.6) is 0 Å². The quantitative estimate of drug-likeness (QED) is 0.780. The maximum atomic E-state index is 12.2. The van der Waals surface area contributed by atoms with Crippen molar-refractivity contribution in [3.8, 4) is 0 Å². The predicted octanol–water partition coefficient (Wildman–Crippen LogP) is 2.66. The van der Waals surface area contributed by atoms with Crippen LogP contribution >= 0.6 is 0 Å². The minimum Gasteiger partial charge on any atom is -0.349 e. The maximum absolute atomic E-state index is 12.2. The minimum atomic E-state index is -4.09. The summed E-state index contributed by atoms with van der Waals surface area (Å²) in [6, 6.07) is -0.178. The summed E-state index contributed by atoms with van der Waals surface area (Å²) < 4.78 is 36.5. The lowest BCUT2D eigenvalue weighted by atomic mass is 10.1. The molecule has 0 saturated carbocycles. The van der Waals surface area contributed by atoms with Crippen LogP contribution in [0.1, 0.15) is 32.0 Å². The van der Waals surface area contributed by atoms with Gasteiger partial charge in [-0.05, 0) is 19.4 Å². The first-order valence-corrected chi connectivity index (χ1v) is 5.79. The van der Waals surface area contributed by atoms with E-state index in [2.05, 4.69) is 15.3 Å². The molecule has 0 saturated heterocycles. The monoisotopic (exact) mass is 249 g/mol. The zero-order valence-electron chi connectivity index (χ0n) is 9.85. The Hall–Kier alpha value is -1.04. The SMILES string of the molecule is CCCNC(CCC(F)(F)F)Cc1ncc[nH]1. The summed E-state index contributed by atoms with van der Waals surface area (Å²) in [6.45, 7) is 2.71. The van der Waals surface area contributed by atoms with Crippen molar-refractivity contribution in [2.75, 3.05) is 6.54 Å². The molecule has 0 aliphatic rings. The largest absolute Gasteiger partial charge is 0.389 e. The van der Waals surface area contributed by atoms with Crippen molar-refractivity contribution in [2.45, 2.75) is 44.8 Å². The predicted molar refractivity (Wildman–Crippen MR) is 59.7 cm³/mol. The van der Waals surface area contributed by atoms with Crippen LogP contribution in [0.4, 0.5) is 13.2 Å². The van der Waals surface area contributed by atoms with Gasteiger partial charge in [0.25, 0.3) is 0 Å². The van der Waals surface area contributed by atoms with Gasteiger partial charge in [-0.25, -0.2) is 4.98 Å². The standard InChI is InChI=1S/C11H18F3N3/c1-2-5-15-9(3-4-11(12,13)14)8-10-16-6-7-17-10/h6-7,9,15H,2-5,8H2,1H3,(H,16,17). The number of alkyl halides is 3. The highest BCUT2D eigenvalue weighted by Crippen LogP contribution is 2.22. The Balaban J connectivity index is 2.42. The molecule has 98 valence electrons. The van der Waals surface area contributed by atoms with Crippen LogP contribution in [-0.4, -0.2) is 28.7 Å². The molecule has 0 amide bonds. The normalized spacial score (nSPS) is 13.9. The topological polar surface area (TPSA) is 40.7 Å². The Morgan fingerprint density at radius 2 is 2.24 bits per heavy atom. The number of H-pyrrole nitrogens is 1. The highest BCUT2D eigenvalue weighted by molar-refractivity contribution is 4.91. The van der Waals surface area contributed by atoms with Crippen LogP contribution in [-0.2, 0) is 6.42 Å². The van der Waals surface area contributed by atoms with E-state index in [1.807, 2.05) is 6.92 Å². The number of imidazole rings is 1. The van der Waals surface area contributed by atoms with Gasteiger partial charge in [-0.3, -0.25) is 0 Å². The Morgan fingerprint density at radius 1 is 1.47 bits per heavy atom. The van der Waals surface area contributed by atoms with Crippen molar-refractivity contribution in [3.05, 3.63) is 18.2 Å². The van der Waals surface area contributed by atoms with Gasteiger partial charge in [-0.1, -0.05) is 6.92 Å². The van der Waals surface area contributed by atoms with E-state index >= 15 is 0 Å². The van der Waals surface area contributed by atoms with Gasteiger partial charge in [0.1, 0.15) is 5.82 Å². The molecule has 1 aromatic rings. The van der Waals surface area contributed by atoms with Gasteiger partial charge >= 0.3 is 6.18 Å². The van der Waals surface area contributed by atoms with Crippen LogP contribution < -0.4 is 5.32 Å². The summed E-state index contributed by atoms with van der Waals surface area (Å²) in [5.41, 5.74) is 0. The Labute approximate surface area is 98.8 Å². The average molecular weight is 249 g/mol. The number of nitrogens with one attached hydrogen (secondary N) is 2. The molecule has 0 bridgehead atoms. The summed E-state index contributed by atoms with van der Waals surface area (Å²) in [5, 5.41) is 3.12. The second kappa shape index (κ2) is 6.64. The van der Waals surface area contributed by atoms with Gasteiger partial charge in [0.2, 0.25) is 0 Å². The lowest BCUT2D eigenvalue weighted by Crippen LogP contribution is -2.33. The lowest BCUT2D eigenvalue weighted by Gasteiger charge is -2.18. The molecular formula is C11H18F3N3. The molecule has 0 aliphatic heterocycles. The zero-order valence-corrected chi connectivity index (χ0v) is 9.85. The third-order valence-corrected chi connectivity index (χ3v) is 2.45. The van der Waals surface area contributed by atoms with Crippen LogP contribution in [0, 0.1) is 0 Å². The molecule has 6 heteroatoms. The molecule has 0 spiro atoms. The molecule has 1 unspecified atom stereocenters. The molecule has 1 atom stereocenters. The van der Waals surface area contributed by atoms with Crippen molar-refractivity contribution in [1.29, 1.82) is 0 Å². The van der Waals surface area contributed by atoms with E-state index in [0.29, 0.717) is 6.42 Å². The van der Waals surface area contributed by atoms with Crippen molar-refractivity contribution < 1.29 is 13.2 Å². The molecule has 0 aromatic carbocycles. The molecule has 2 N–H and O–H groups in total. The summed E-state index contributed by atoms with van der Waals surface area (Å²) >= 11 is 0. The van der Waals surface area contributed by atoms with E-state index < -0.39 is 12.6 Å². The summed E-state index contributed by atoms with van der Waals surface area (Å²) in [5.74, 6) is 0.723. The van der Waals surface area contributed by atoms with E-state index in [9.17, 15) is 13.2 Å². The van der Waals surface area contributed by atoms with Crippen molar-refractivity contribution in [2.24, 2.45) is 0 Å². The van der Waals surface area contributed by atoms with Gasteiger partial charge in [0.15, 0.2) is 0 Å². The number of rotatable bonds is 7. The van der Waals surface area contributed by atoms with Gasteiger partial charge in [0.05, 0.1) is 0 Å². The fraction of sp³-hybridized carbons (Fsp3) is 0.727. The molecule has 1 rings (SSSR count). The number of hydrogen-bond donors (Lipinski definition) is 2. The molecule has 0 aliphatic carbocycles. The van der Waals surface area contributed by atoms with Gasteiger partial charge in [-0.2, -0.15) is 13.2 Å². The number of aromatic amines is 1. The smallest absolute Gasteiger partial charge is 0.349 e. The van der Waals surface area contributed by atoms with Crippen LogP contribution in [0.2, 0.25) is 0 Å². The van der Waals surface area contributed by atoms with E-state index in [-0.39, 0.29) is 12.5 Å². The fourth-order valence-corrected chi connectivity index (χ4v) is 1.61. The Kier molecular flexibility index (Phi) is 5.47. The van der Waals surface area contributed by atoms with Gasteiger partial charge < -0.3 is 10.3 Å². The third-order valence-electron chi connectivity index (χ3n) is 2.45. The molecule has 0 radical (unpaired) electrons. The zero-order chi connectivity index (χ0) is 12.7. The molecule has 0 fully saturated rings. The third kappa shape index (κ3) is 6.31. The molecule has 17 heavy (non-hydrogen) atoms.